The second kappa shape index (κ2) is 7.12. The monoisotopic (exact) mass is 328 g/mol. The van der Waals surface area contributed by atoms with Crippen molar-refractivity contribution < 1.29 is 9.21 Å². The first-order valence-corrected chi connectivity index (χ1v) is 7.80. The predicted octanol–water partition coefficient (Wildman–Crippen LogP) is 1.52. The van der Waals surface area contributed by atoms with E-state index in [-0.39, 0.29) is 18.5 Å². The first-order chi connectivity index (χ1) is 11.6. The third-order valence-corrected chi connectivity index (χ3v) is 3.76. The van der Waals surface area contributed by atoms with Crippen molar-refractivity contribution in [3.05, 3.63) is 36.8 Å². The van der Waals surface area contributed by atoms with Crippen molar-refractivity contribution in [2.45, 2.75) is 25.8 Å². The van der Waals surface area contributed by atoms with Gasteiger partial charge in [0.1, 0.15) is 17.6 Å². The molecule has 24 heavy (non-hydrogen) atoms. The number of carbonyl (C=O) groups excluding carboxylic acids is 1. The number of aryl methyl sites for hydroxylation is 1. The number of hydrogen-bond acceptors (Lipinski definition) is 6. The lowest BCUT2D eigenvalue weighted by atomic mass is 10.1. The van der Waals surface area contributed by atoms with Gasteiger partial charge in [0.15, 0.2) is 11.5 Å². The van der Waals surface area contributed by atoms with Gasteiger partial charge in [0.05, 0.1) is 19.1 Å². The highest BCUT2D eigenvalue weighted by atomic mass is 16.3. The second-order valence-corrected chi connectivity index (χ2v) is 5.74. The van der Waals surface area contributed by atoms with Crippen LogP contribution in [0.25, 0.3) is 11.2 Å². The smallest absolute Gasteiger partial charge is 0.239 e. The number of imidazole rings is 1. The topological polar surface area (TPSA) is 99.9 Å². The Kier molecular flexibility index (Phi) is 4.74. The number of amides is 1. The van der Waals surface area contributed by atoms with E-state index < -0.39 is 0 Å². The average molecular weight is 328 g/mol. The normalized spacial score (nSPS) is 12.2. The van der Waals surface area contributed by atoms with Crippen LogP contribution < -0.4 is 10.2 Å². The number of nitrogens with zero attached hydrogens (tertiary/aromatic N) is 4. The molecular formula is C16H20N6O2. The number of anilines is 1. The molecule has 0 radical (unpaired) electrons. The molecule has 126 valence electrons. The summed E-state index contributed by atoms with van der Waals surface area (Å²) in [5.41, 5.74) is 1.30. The van der Waals surface area contributed by atoms with Crippen LogP contribution in [-0.2, 0) is 11.2 Å². The lowest BCUT2D eigenvalue weighted by molar-refractivity contribution is -0.120. The van der Waals surface area contributed by atoms with Gasteiger partial charge in [0.25, 0.3) is 0 Å². The molecule has 0 saturated carbocycles. The third kappa shape index (κ3) is 3.70. The molecule has 0 saturated heterocycles. The van der Waals surface area contributed by atoms with Gasteiger partial charge in [-0.3, -0.25) is 4.79 Å². The van der Waals surface area contributed by atoms with Crippen LogP contribution in [0.3, 0.4) is 0 Å². The summed E-state index contributed by atoms with van der Waals surface area (Å²) in [6, 6.07) is 3.87. The van der Waals surface area contributed by atoms with E-state index in [0.717, 1.165) is 24.1 Å². The van der Waals surface area contributed by atoms with Crippen molar-refractivity contribution in [2.75, 3.05) is 18.5 Å². The molecule has 1 atom stereocenters. The Bertz CT molecular complexity index is 798. The van der Waals surface area contributed by atoms with Crippen LogP contribution in [-0.4, -0.2) is 45.5 Å². The number of rotatable bonds is 7. The Labute approximate surface area is 139 Å². The summed E-state index contributed by atoms with van der Waals surface area (Å²) in [5, 5.41) is 2.99. The van der Waals surface area contributed by atoms with Gasteiger partial charge in [-0.05, 0) is 25.5 Å². The van der Waals surface area contributed by atoms with E-state index >= 15 is 0 Å². The lowest BCUT2D eigenvalue weighted by Crippen LogP contribution is -2.40. The molecule has 3 heterocycles. The fourth-order valence-corrected chi connectivity index (χ4v) is 2.54. The molecule has 0 bridgehead atoms. The number of aromatic nitrogens is 4. The summed E-state index contributed by atoms with van der Waals surface area (Å²) in [6.07, 6.45) is 6.28. The molecule has 1 unspecified atom stereocenters. The molecule has 0 aliphatic rings. The van der Waals surface area contributed by atoms with E-state index in [1.165, 1.54) is 6.33 Å². The minimum atomic E-state index is -0.0595. The minimum Gasteiger partial charge on any atom is -0.469 e. The lowest BCUT2D eigenvalue weighted by Gasteiger charge is -2.20. The van der Waals surface area contributed by atoms with E-state index in [4.69, 9.17) is 4.42 Å². The zero-order valence-corrected chi connectivity index (χ0v) is 13.7. The Morgan fingerprint density at radius 2 is 2.29 bits per heavy atom. The summed E-state index contributed by atoms with van der Waals surface area (Å²) in [5.74, 6) is 1.52. The molecule has 3 aromatic rings. The first-order valence-electron chi connectivity index (χ1n) is 7.80. The van der Waals surface area contributed by atoms with Crippen LogP contribution in [0.4, 0.5) is 5.82 Å². The number of carbonyl (C=O) groups is 1. The highest BCUT2D eigenvalue weighted by Gasteiger charge is 2.15. The maximum atomic E-state index is 12.2. The Morgan fingerprint density at radius 1 is 1.42 bits per heavy atom. The average Bonchev–Trinajstić information content (AvgIpc) is 3.23. The van der Waals surface area contributed by atoms with Crippen LogP contribution in [0.1, 0.15) is 19.1 Å². The van der Waals surface area contributed by atoms with Crippen molar-refractivity contribution in [1.82, 2.24) is 25.3 Å². The number of furan rings is 1. The molecule has 0 aliphatic heterocycles. The van der Waals surface area contributed by atoms with Crippen LogP contribution in [0.15, 0.2) is 35.5 Å². The summed E-state index contributed by atoms with van der Waals surface area (Å²) in [6.45, 7) is 2.19. The van der Waals surface area contributed by atoms with Crippen molar-refractivity contribution >= 4 is 22.9 Å². The van der Waals surface area contributed by atoms with Crippen LogP contribution in [0.2, 0.25) is 0 Å². The SMILES string of the molecule is CC(CCc1ccco1)NC(=O)CN(C)c1ncnc2nc[nH]c12. The summed E-state index contributed by atoms with van der Waals surface area (Å²) in [4.78, 5) is 29.4. The van der Waals surface area contributed by atoms with Crippen LogP contribution in [0.5, 0.6) is 0 Å². The van der Waals surface area contributed by atoms with Gasteiger partial charge in [-0.1, -0.05) is 0 Å². The van der Waals surface area contributed by atoms with Gasteiger partial charge < -0.3 is 19.6 Å². The van der Waals surface area contributed by atoms with Crippen molar-refractivity contribution in [1.29, 1.82) is 0 Å². The van der Waals surface area contributed by atoms with Gasteiger partial charge in [-0.2, -0.15) is 0 Å². The molecule has 0 fully saturated rings. The maximum absolute atomic E-state index is 12.2. The number of aromatic amines is 1. The third-order valence-electron chi connectivity index (χ3n) is 3.76. The minimum absolute atomic E-state index is 0.0595. The predicted molar refractivity (Wildman–Crippen MR) is 89.6 cm³/mol. The van der Waals surface area contributed by atoms with Gasteiger partial charge in [-0.25, -0.2) is 15.0 Å². The van der Waals surface area contributed by atoms with E-state index in [2.05, 4.69) is 25.3 Å². The number of likely N-dealkylation sites (N-methyl/N-ethyl adjacent to an activating group) is 1. The fourth-order valence-electron chi connectivity index (χ4n) is 2.54. The Morgan fingerprint density at radius 3 is 3.08 bits per heavy atom. The second-order valence-electron chi connectivity index (χ2n) is 5.74. The first kappa shape index (κ1) is 16.0. The summed E-state index contributed by atoms with van der Waals surface area (Å²) < 4.78 is 5.30. The van der Waals surface area contributed by atoms with E-state index in [0.29, 0.717) is 11.5 Å². The summed E-state index contributed by atoms with van der Waals surface area (Å²) in [7, 11) is 1.82. The van der Waals surface area contributed by atoms with Crippen molar-refractivity contribution in [3.8, 4) is 0 Å². The number of nitrogens with one attached hydrogen (secondary N) is 2. The van der Waals surface area contributed by atoms with Gasteiger partial charge in [0.2, 0.25) is 5.91 Å². The number of hydrogen-bond donors (Lipinski definition) is 2. The van der Waals surface area contributed by atoms with E-state index in [1.54, 1.807) is 17.5 Å². The maximum Gasteiger partial charge on any atom is 0.239 e. The summed E-state index contributed by atoms with van der Waals surface area (Å²) >= 11 is 0. The molecular weight excluding hydrogens is 308 g/mol. The highest BCUT2D eigenvalue weighted by Crippen LogP contribution is 2.17. The number of fused-ring (bicyclic) bond motifs is 1. The molecule has 2 N–H and O–H groups in total. The van der Waals surface area contributed by atoms with E-state index in [1.807, 2.05) is 26.1 Å². The van der Waals surface area contributed by atoms with Gasteiger partial charge >= 0.3 is 0 Å². The van der Waals surface area contributed by atoms with Crippen molar-refractivity contribution in [2.24, 2.45) is 0 Å². The van der Waals surface area contributed by atoms with Gasteiger partial charge in [0, 0.05) is 19.5 Å². The van der Waals surface area contributed by atoms with Crippen LogP contribution >= 0.6 is 0 Å². The molecule has 0 aliphatic carbocycles. The molecule has 1 amide bonds. The molecule has 3 aromatic heterocycles. The van der Waals surface area contributed by atoms with E-state index in [9.17, 15) is 4.79 Å². The molecule has 0 aromatic carbocycles. The largest absolute Gasteiger partial charge is 0.469 e. The Hall–Kier alpha value is -2.90. The molecule has 3 rings (SSSR count). The van der Waals surface area contributed by atoms with Gasteiger partial charge in [-0.15, -0.1) is 0 Å². The fraction of sp³-hybridized carbons (Fsp3) is 0.375. The zero-order chi connectivity index (χ0) is 16.9. The zero-order valence-electron chi connectivity index (χ0n) is 13.7. The number of H-pyrrole nitrogens is 1. The quantitative estimate of drug-likeness (QED) is 0.682. The Balaban J connectivity index is 1.53. The molecule has 8 nitrogen and oxygen atoms in total. The highest BCUT2D eigenvalue weighted by molar-refractivity contribution is 5.87. The van der Waals surface area contributed by atoms with Crippen LogP contribution in [0, 0.1) is 0 Å². The molecule has 8 heteroatoms. The molecule has 0 spiro atoms. The standard InChI is InChI=1S/C16H20N6O2/c1-11(5-6-12-4-3-7-24-12)21-13(23)8-22(2)16-14-15(18-9-17-14)19-10-20-16/h3-4,7,9-11H,5-6,8H2,1-2H3,(H,21,23)(H,17,18,19,20). The van der Waals surface area contributed by atoms with Crippen molar-refractivity contribution in [3.63, 3.8) is 0 Å².